The quantitative estimate of drug-likeness (QED) is 0.916. The van der Waals surface area contributed by atoms with Gasteiger partial charge in [-0.15, -0.1) is 0 Å². The van der Waals surface area contributed by atoms with E-state index in [0.29, 0.717) is 6.54 Å². The molecule has 110 valence electrons. The Labute approximate surface area is 126 Å². The molecule has 2 aromatic carbocycles. The van der Waals surface area contributed by atoms with Gasteiger partial charge in [-0.3, -0.25) is 0 Å². The van der Waals surface area contributed by atoms with E-state index >= 15 is 0 Å². The number of benzene rings is 2. The van der Waals surface area contributed by atoms with E-state index in [9.17, 15) is 0 Å². The van der Waals surface area contributed by atoms with E-state index in [1.165, 1.54) is 28.7 Å². The molecule has 1 aliphatic carbocycles. The summed E-state index contributed by atoms with van der Waals surface area (Å²) in [6, 6.07) is 17.1. The highest BCUT2D eigenvalue weighted by molar-refractivity contribution is 5.31. The Bertz CT molecular complexity index is 608. The lowest BCUT2D eigenvalue weighted by Crippen LogP contribution is -2.21. The molecule has 2 heteroatoms. The molecule has 0 bridgehead atoms. The zero-order valence-corrected chi connectivity index (χ0v) is 12.6. The Morgan fingerprint density at radius 1 is 1.19 bits per heavy atom. The zero-order chi connectivity index (χ0) is 14.7. The lowest BCUT2D eigenvalue weighted by Gasteiger charge is -2.29. The van der Waals surface area contributed by atoms with Gasteiger partial charge in [0.1, 0.15) is 0 Å². The van der Waals surface area contributed by atoms with Crippen LogP contribution in [0.4, 0.5) is 0 Å². The summed E-state index contributed by atoms with van der Waals surface area (Å²) in [7, 11) is 0. The summed E-state index contributed by atoms with van der Waals surface area (Å²) in [6.45, 7) is 2.62. The summed E-state index contributed by atoms with van der Waals surface area (Å²) in [5.74, 6) is 0. The molecule has 0 heterocycles. The molecule has 0 fully saturated rings. The van der Waals surface area contributed by atoms with E-state index in [1.807, 2.05) is 0 Å². The van der Waals surface area contributed by atoms with Crippen molar-refractivity contribution in [2.75, 3.05) is 6.54 Å². The van der Waals surface area contributed by atoms with Gasteiger partial charge in [-0.25, -0.2) is 0 Å². The van der Waals surface area contributed by atoms with Gasteiger partial charge in [-0.2, -0.15) is 0 Å². The molecule has 0 amide bonds. The van der Waals surface area contributed by atoms with Gasteiger partial charge in [0.2, 0.25) is 0 Å². The highest BCUT2D eigenvalue weighted by atomic mass is 16.5. The largest absolute Gasteiger partial charge is 0.364 e. The molecule has 0 radical (unpaired) electrons. The minimum Gasteiger partial charge on any atom is -0.364 e. The first-order valence-corrected chi connectivity index (χ1v) is 7.78. The number of rotatable bonds is 4. The number of hydrogen-bond acceptors (Lipinski definition) is 2. The smallest absolute Gasteiger partial charge is 0.0955 e. The Kier molecular flexibility index (Phi) is 4.37. The molecular formula is C19H23NO. The maximum Gasteiger partial charge on any atom is 0.0955 e. The maximum atomic E-state index is 6.38. The van der Waals surface area contributed by atoms with Crippen LogP contribution in [0.15, 0.2) is 48.5 Å². The van der Waals surface area contributed by atoms with E-state index in [2.05, 4.69) is 55.5 Å². The molecule has 1 aliphatic rings. The molecule has 2 aromatic rings. The molecule has 0 saturated heterocycles. The summed E-state index contributed by atoms with van der Waals surface area (Å²) in [6.07, 6.45) is 3.57. The topological polar surface area (TPSA) is 35.2 Å². The summed E-state index contributed by atoms with van der Waals surface area (Å²) in [4.78, 5) is 0. The van der Waals surface area contributed by atoms with Crippen LogP contribution in [0.1, 0.15) is 47.3 Å². The second-order valence-electron chi connectivity index (χ2n) is 5.85. The zero-order valence-electron chi connectivity index (χ0n) is 12.6. The first-order chi connectivity index (χ1) is 10.3. The number of fused-ring (bicyclic) bond motifs is 1. The van der Waals surface area contributed by atoms with Crippen LogP contribution in [0.3, 0.4) is 0 Å². The Morgan fingerprint density at radius 2 is 2.05 bits per heavy atom. The number of aryl methyl sites for hydroxylation is 2. The fourth-order valence-electron chi connectivity index (χ4n) is 3.19. The number of ether oxygens (including phenoxy) is 1. The van der Waals surface area contributed by atoms with Gasteiger partial charge < -0.3 is 10.5 Å². The minimum atomic E-state index is -0.0268. The van der Waals surface area contributed by atoms with Gasteiger partial charge in [0.15, 0.2) is 0 Å². The third-order valence-electron chi connectivity index (χ3n) is 4.27. The van der Waals surface area contributed by atoms with Crippen molar-refractivity contribution in [2.24, 2.45) is 5.73 Å². The van der Waals surface area contributed by atoms with Crippen LogP contribution in [0, 0.1) is 6.92 Å². The first-order valence-electron chi connectivity index (χ1n) is 7.78. The average molecular weight is 281 g/mol. The maximum absolute atomic E-state index is 6.38. The molecule has 0 spiro atoms. The van der Waals surface area contributed by atoms with Crippen molar-refractivity contribution >= 4 is 0 Å². The third-order valence-corrected chi connectivity index (χ3v) is 4.27. The first kappa shape index (κ1) is 14.3. The van der Waals surface area contributed by atoms with Crippen molar-refractivity contribution in [2.45, 2.75) is 38.4 Å². The summed E-state index contributed by atoms with van der Waals surface area (Å²) >= 11 is 0. The van der Waals surface area contributed by atoms with Crippen molar-refractivity contribution in [3.8, 4) is 0 Å². The molecule has 2 atom stereocenters. The predicted molar refractivity (Wildman–Crippen MR) is 86.2 cm³/mol. The predicted octanol–water partition coefficient (Wildman–Crippen LogP) is 4.09. The molecule has 2 nitrogen and oxygen atoms in total. The summed E-state index contributed by atoms with van der Waals surface area (Å²) in [5.41, 5.74) is 11.2. The van der Waals surface area contributed by atoms with Gasteiger partial charge in [-0.05, 0) is 42.9 Å². The monoisotopic (exact) mass is 281 g/mol. The Hall–Kier alpha value is -1.64. The van der Waals surface area contributed by atoms with Crippen molar-refractivity contribution < 1.29 is 4.74 Å². The molecule has 3 rings (SSSR count). The lowest BCUT2D eigenvalue weighted by atomic mass is 9.89. The fourth-order valence-corrected chi connectivity index (χ4v) is 3.19. The number of hydrogen-bond donors (Lipinski definition) is 1. The highest BCUT2D eigenvalue weighted by Crippen LogP contribution is 2.36. The van der Waals surface area contributed by atoms with Crippen molar-refractivity contribution in [1.82, 2.24) is 0 Å². The lowest BCUT2D eigenvalue weighted by molar-refractivity contribution is -0.0191. The molecular weight excluding hydrogens is 258 g/mol. The molecule has 21 heavy (non-hydrogen) atoms. The molecule has 0 aliphatic heterocycles. The Morgan fingerprint density at radius 3 is 2.86 bits per heavy atom. The molecule has 2 unspecified atom stereocenters. The van der Waals surface area contributed by atoms with E-state index in [-0.39, 0.29) is 12.2 Å². The SMILES string of the molecule is Cc1cccc(C(CN)OC2CCCc3ccccc32)c1. The van der Waals surface area contributed by atoms with Gasteiger partial charge in [0.25, 0.3) is 0 Å². The van der Waals surface area contributed by atoms with Crippen molar-refractivity contribution in [3.05, 3.63) is 70.8 Å². The number of nitrogens with two attached hydrogens (primary N) is 1. The molecule has 0 aromatic heterocycles. The van der Waals surface area contributed by atoms with Crippen LogP contribution in [0.5, 0.6) is 0 Å². The van der Waals surface area contributed by atoms with Crippen LogP contribution < -0.4 is 5.73 Å². The van der Waals surface area contributed by atoms with Crippen molar-refractivity contribution in [1.29, 1.82) is 0 Å². The van der Waals surface area contributed by atoms with Gasteiger partial charge >= 0.3 is 0 Å². The van der Waals surface area contributed by atoms with Crippen LogP contribution in [-0.4, -0.2) is 6.54 Å². The van der Waals surface area contributed by atoms with E-state index in [1.54, 1.807) is 0 Å². The third kappa shape index (κ3) is 3.17. The average Bonchev–Trinajstić information content (AvgIpc) is 2.52. The van der Waals surface area contributed by atoms with Crippen LogP contribution in [0.2, 0.25) is 0 Å². The second kappa shape index (κ2) is 6.42. The minimum absolute atomic E-state index is 0.0268. The van der Waals surface area contributed by atoms with Crippen LogP contribution in [-0.2, 0) is 11.2 Å². The van der Waals surface area contributed by atoms with Crippen LogP contribution in [0.25, 0.3) is 0 Å². The van der Waals surface area contributed by atoms with E-state index < -0.39 is 0 Å². The van der Waals surface area contributed by atoms with Gasteiger partial charge in [0.05, 0.1) is 12.2 Å². The highest BCUT2D eigenvalue weighted by Gasteiger charge is 2.24. The standard InChI is InChI=1S/C19H23NO/c1-14-6-4-9-16(12-14)19(13-20)21-18-11-5-8-15-7-2-3-10-17(15)18/h2-4,6-7,9-10,12,18-19H,5,8,11,13,20H2,1H3. The van der Waals surface area contributed by atoms with Crippen LogP contribution >= 0.6 is 0 Å². The van der Waals surface area contributed by atoms with Crippen molar-refractivity contribution in [3.63, 3.8) is 0 Å². The second-order valence-corrected chi connectivity index (χ2v) is 5.85. The normalized spacial score (nSPS) is 19.0. The van der Waals surface area contributed by atoms with Gasteiger partial charge in [-0.1, -0.05) is 54.1 Å². The van der Waals surface area contributed by atoms with E-state index in [4.69, 9.17) is 10.5 Å². The fraction of sp³-hybridized carbons (Fsp3) is 0.368. The Balaban J connectivity index is 1.82. The molecule has 2 N–H and O–H groups in total. The molecule has 0 saturated carbocycles. The summed E-state index contributed by atoms with van der Waals surface area (Å²) in [5, 5.41) is 0. The van der Waals surface area contributed by atoms with E-state index in [0.717, 1.165) is 12.8 Å². The summed E-state index contributed by atoms with van der Waals surface area (Å²) < 4.78 is 6.38. The van der Waals surface area contributed by atoms with Gasteiger partial charge in [0, 0.05) is 6.54 Å².